The summed E-state index contributed by atoms with van der Waals surface area (Å²) in [6.07, 6.45) is 0. The Labute approximate surface area is 149 Å². The van der Waals surface area contributed by atoms with Crippen molar-refractivity contribution in [3.63, 3.8) is 0 Å². The number of amides is 1. The van der Waals surface area contributed by atoms with Crippen LogP contribution in [0, 0.1) is 3.57 Å². The molecule has 0 saturated carbocycles. The lowest BCUT2D eigenvalue weighted by Gasteiger charge is -2.34. The van der Waals surface area contributed by atoms with E-state index in [1.807, 2.05) is 30.3 Å². The minimum Gasteiger partial charge on any atom is -0.363 e. The van der Waals surface area contributed by atoms with Gasteiger partial charge in [-0.1, -0.05) is 43.0 Å². The maximum Gasteiger partial charge on any atom is 0.257 e. The highest BCUT2D eigenvalue weighted by atomic mass is 127. The van der Waals surface area contributed by atoms with Crippen LogP contribution in [0.3, 0.4) is 0 Å². The smallest absolute Gasteiger partial charge is 0.257 e. The highest BCUT2D eigenvalue weighted by molar-refractivity contribution is 14.1. The number of carbonyl (C=O) groups excluding carboxylic acids is 1. The standard InChI is InChI=1S/C19H16INO2/c1-3-13(2)19(23)16-10-6-5-9-15(16)18(22)21(19)12-14-8-4-7-11-17(14)20/h4-11,23H,1,12H2,2H3. The lowest BCUT2D eigenvalue weighted by molar-refractivity contribution is -0.0574. The highest BCUT2D eigenvalue weighted by Gasteiger charge is 2.49. The van der Waals surface area contributed by atoms with Crippen molar-refractivity contribution < 1.29 is 9.90 Å². The number of aliphatic hydroxyl groups is 1. The van der Waals surface area contributed by atoms with Crippen molar-refractivity contribution in [2.75, 3.05) is 0 Å². The van der Waals surface area contributed by atoms with E-state index in [4.69, 9.17) is 0 Å². The fourth-order valence-electron chi connectivity index (χ4n) is 2.92. The topological polar surface area (TPSA) is 40.5 Å². The molecule has 3 rings (SSSR count). The Bertz CT molecular complexity index is 839. The average Bonchev–Trinajstić information content (AvgIpc) is 2.79. The van der Waals surface area contributed by atoms with E-state index in [0.29, 0.717) is 23.2 Å². The Kier molecular flexibility index (Phi) is 4.15. The molecule has 1 N–H and O–H groups in total. The van der Waals surface area contributed by atoms with Gasteiger partial charge in [0.1, 0.15) is 0 Å². The summed E-state index contributed by atoms with van der Waals surface area (Å²) >= 11 is 2.24. The molecule has 4 heteroatoms. The first-order chi connectivity index (χ1) is 11.0. The van der Waals surface area contributed by atoms with Crippen molar-refractivity contribution >= 4 is 28.5 Å². The molecule has 2 aromatic carbocycles. The molecule has 0 aliphatic carbocycles. The van der Waals surface area contributed by atoms with Gasteiger partial charge >= 0.3 is 0 Å². The van der Waals surface area contributed by atoms with Crippen LogP contribution in [0.5, 0.6) is 0 Å². The molecule has 0 radical (unpaired) electrons. The second-order valence-corrected chi connectivity index (χ2v) is 6.66. The van der Waals surface area contributed by atoms with Gasteiger partial charge in [-0.25, -0.2) is 0 Å². The van der Waals surface area contributed by atoms with Gasteiger partial charge in [-0.2, -0.15) is 0 Å². The van der Waals surface area contributed by atoms with Gasteiger partial charge in [0.2, 0.25) is 0 Å². The SMILES string of the molecule is C=C=C(C)C1(O)c2ccccc2C(=O)N1Cc1ccccc1I. The number of carbonyl (C=O) groups is 1. The van der Waals surface area contributed by atoms with E-state index in [1.165, 1.54) is 4.90 Å². The number of nitrogens with zero attached hydrogens (tertiary/aromatic N) is 1. The molecular formula is C19H16INO2. The summed E-state index contributed by atoms with van der Waals surface area (Å²) < 4.78 is 1.05. The third kappa shape index (κ3) is 2.43. The molecule has 1 unspecified atom stereocenters. The molecule has 0 aromatic heterocycles. The number of rotatable bonds is 3. The highest BCUT2D eigenvalue weighted by Crippen LogP contribution is 2.42. The van der Waals surface area contributed by atoms with Crippen molar-refractivity contribution in [2.24, 2.45) is 0 Å². The molecular weight excluding hydrogens is 401 g/mol. The second kappa shape index (κ2) is 5.96. The van der Waals surface area contributed by atoms with Crippen LogP contribution in [0.2, 0.25) is 0 Å². The number of hydrogen-bond acceptors (Lipinski definition) is 2. The van der Waals surface area contributed by atoms with Crippen molar-refractivity contribution in [1.82, 2.24) is 4.90 Å². The van der Waals surface area contributed by atoms with E-state index >= 15 is 0 Å². The van der Waals surface area contributed by atoms with Gasteiger partial charge in [0, 0.05) is 20.3 Å². The molecule has 0 saturated heterocycles. The van der Waals surface area contributed by atoms with E-state index in [0.717, 1.165) is 9.13 Å². The molecule has 0 fully saturated rings. The predicted molar refractivity (Wildman–Crippen MR) is 97.7 cm³/mol. The lowest BCUT2D eigenvalue weighted by atomic mass is 9.95. The van der Waals surface area contributed by atoms with Crippen LogP contribution in [0.25, 0.3) is 0 Å². The van der Waals surface area contributed by atoms with E-state index in [9.17, 15) is 9.90 Å². The van der Waals surface area contributed by atoms with Gasteiger partial charge in [0.05, 0.1) is 6.54 Å². The van der Waals surface area contributed by atoms with E-state index in [-0.39, 0.29) is 5.91 Å². The van der Waals surface area contributed by atoms with Gasteiger partial charge in [-0.15, -0.1) is 5.73 Å². The molecule has 1 heterocycles. The van der Waals surface area contributed by atoms with Gasteiger partial charge < -0.3 is 5.11 Å². The Morgan fingerprint density at radius 1 is 1.26 bits per heavy atom. The summed E-state index contributed by atoms with van der Waals surface area (Å²) in [5.41, 5.74) is 3.87. The van der Waals surface area contributed by atoms with Crippen molar-refractivity contribution in [2.45, 2.75) is 19.2 Å². The third-order valence-corrected chi connectivity index (χ3v) is 5.30. The zero-order valence-corrected chi connectivity index (χ0v) is 14.9. The number of fused-ring (bicyclic) bond motifs is 1. The minimum atomic E-state index is -1.51. The molecule has 116 valence electrons. The first-order valence-corrected chi connectivity index (χ1v) is 8.32. The quantitative estimate of drug-likeness (QED) is 0.610. The largest absolute Gasteiger partial charge is 0.363 e. The lowest BCUT2D eigenvalue weighted by Crippen LogP contribution is -2.44. The summed E-state index contributed by atoms with van der Waals surface area (Å²) in [6.45, 7) is 5.71. The van der Waals surface area contributed by atoms with E-state index in [1.54, 1.807) is 25.1 Å². The second-order valence-electron chi connectivity index (χ2n) is 5.50. The molecule has 1 aliphatic rings. The predicted octanol–water partition coefficient (Wildman–Crippen LogP) is 3.82. The molecule has 23 heavy (non-hydrogen) atoms. The van der Waals surface area contributed by atoms with Crippen LogP contribution < -0.4 is 0 Å². The van der Waals surface area contributed by atoms with Crippen LogP contribution in [-0.4, -0.2) is 15.9 Å². The molecule has 2 aromatic rings. The Morgan fingerprint density at radius 3 is 2.61 bits per heavy atom. The fourth-order valence-corrected chi connectivity index (χ4v) is 3.48. The Hall–Kier alpha value is -1.88. The van der Waals surface area contributed by atoms with Crippen LogP contribution in [0.4, 0.5) is 0 Å². The Balaban J connectivity index is 2.14. The molecule has 3 nitrogen and oxygen atoms in total. The zero-order chi connectivity index (χ0) is 16.6. The molecule has 0 bridgehead atoms. The monoisotopic (exact) mass is 417 g/mol. The molecule has 1 aliphatic heterocycles. The van der Waals surface area contributed by atoms with Crippen LogP contribution in [0.1, 0.15) is 28.4 Å². The third-order valence-electron chi connectivity index (χ3n) is 4.24. The summed E-state index contributed by atoms with van der Waals surface area (Å²) in [5.74, 6) is -0.183. The van der Waals surface area contributed by atoms with E-state index in [2.05, 4.69) is 34.9 Å². The van der Waals surface area contributed by atoms with Crippen molar-refractivity contribution in [3.8, 4) is 0 Å². The van der Waals surface area contributed by atoms with Crippen LogP contribution in [-0.2, 0) is 12.3 Å². The van der Waals surface area contributed by atoms with Gasteiger partial charge in [-0.3, -0.25) is 9.69 Å². The normalized spacial score (nSPS) is 19.4. The number of halogens is 1. The fraction of sp³-hybridized carbons (Fsp3) is 0.158. The number of hydrogen-bond donors (Lipinski definition) is 1. The van der Waals surface area contributed by atoms with Gasteiger partial charge in [0.25, 0.3) is 5.91 Å². The van der Waals surface area contributed by atoms with Gasteiger partial charge in [0.15, 0.2) is 5.72 Å². The minimum absolute atomic E-state index is 0.183. The summed E-state index contributed by atoms with van der Waals surface area (Å²) in [6, 6.07) is 15.0. The van der Waals surface area contributed by atoms with Crippen molar-refractivity contribution in [1.29, 1.82) is 0 Å². The molecule has 1 atom stereocenters. The maximum atomic E-state index is 12.9. The summed E-state index contributed by atoms with van der Waals surface area (Å²) in [5, 5.41) is 11.4. The Morgan fingerprint density at radius 2 is 1.91 bits per heavy atom. The average molecular weight is 417 g/mol. The zero-order valence-electron chi connectivity index (χ0n) is 12.7. The number of benzene rings is 2. The van der Waals surface area contributed by atoms with Gasteiger partial charge in [-0.05, 0) is 47.2 Å². The summed E-state index contributed by atoms with van der Waals surface area (Å²) in [7, 11) is 0. The van der Waals surface area contributed by atoms with Crippen LogP contribution >= 0.6 is 22.6 Å². The first kappa shape index (κ1) is 16.0. The maximum absolute atomic E-state index is 12.9. The molecule has 1 amide bonds. The first-order valence-electron chi connectivity index (χ1n) is 7.24. The van der Waals surface area contributed by atoms with Crippen LogP contribution in [0.15, 0.2) is 66.4 Å². The summed E-state index contributed by atoms with van der Waals surface area (Å²) in [4.78, 5) is 14.3. The van der Waals surface area contributed by atoms with E-state index < -0.39 is 5.72 Å². The van der Waals surface area contributed by atoms with Crippen molar-refractivity contribution in [3.05, 3.63) is 86.7 Å². The molecule has 0 spiro atoms.